The smallest absolute Gasteiger partial charge is 0.408 e. The lowest BCUT2D eigenvalue weighted by atomic mass is 10.0. The summed E-state index contributed by atoms with van der Waals surface area (Å²) in [5.74, 6) is 1.50. The number of oxazole rings is 1. The summed E-state index contributed by atoms with van der Waals surface area (Å²) in [4.78, 5) is 11.7. The molecule has 0 bridgehead atoms. The van der Waals surface area contributed by atoms with Crippen LogP contribution < -0.4 is 5.76 Å². The monoisotopic (exact) mass is 287 g/mol. The molecule has 112 valence electrons. The summed E-state index contributed by atoms with van der Waals surface area (Å²) in [6.45, 7) is 2.52. The number of aliphatic hydroxyl groups is 1. The van der Waals surface area contributed by atoms with E-state index in [2.05, 4.69) is 0 Å². The SMILES string of the molecule is CCn1c(=O)oc2cc(C(O)C3C4CCCCC43)ccc21. The zero-order chi connectivity index (χ0) is 14.6. The highest BCUT2D eigenvalue weighted by atomic mass is 16.4. The molecule has 0 spiro atoms. The van der Waals surface area contributed by atoms with Crippen molar-refractivity contribution in [1.82, 2.24) is 4.57 Å². The lowest BCUT2D eigenvalue weighted by molar-refractivity contribution is 0.142. The van der Waals surface area contributed by atoms with Gasteiger partial charge in [-0.25, -0.2) is 4.79 Å². The number of hydrogen-bond donors (Lipinski definition) is 1. The summed E-state index contributed by atoms with van der Waals surface area (Å²) >= 11 is 0. The van der Waals surface area contributed by atoms with E-state index in [0.717, 1.165) is 11.1 Å². The van der Waals surface area contributed by atoms with E-state index >= 15 is 0 Å². The Bertz CT molecular complexity index is 717. The van der Waals surface area contributed by atoms with Crippen LogP contribution in [-0.2, 0) is 6.54 Å². The number of fused-ring (bicyclic) bond motifs is 2. The van der Waals surface area contributed by atoms with Crippen LogP contribution in [0.4, 0.5) is 0 Å². The van der Waals surface area contributed by atoms with Gasteiger partial charge in [-0.1, -0.05) is 18.9 Å². The van der Waals surface area contributed by atoms with Crippen molar-refractivity contribution in [3.8, 4) is 0 Å². The van der Waals surface area contributed by atoms with Crippen molar-refractivity contribution in [1.29, 1.82) is 0 Å². The van der Waals surface area contributed by atoms with Gasteiger partial charge >= 0.3 is 5.76 Å². The third-order valence-corrected chi connectivity index (χ3v) is 5.44. The minimum atomic E-state index is -0.419. The number of aryl methyl sites for hydroxylation is 1. The van der Waals surface area contributed by atoms with Crippen molar-refractivity contribution in [3.05, 3.63) is 34.3 Å². The summed E-state index contributed by atoms with van der Waals surface area (Å²) in [5.41, 5.74) is 2.28. The molecule has 4 rings (SSSR count). The van der Waals surface area contributed by atoms with Crippen LogP contribution in [0.3, 0.4) is 0 Å². The number of aromatic nitrogens is 1. The van der Waals surface area contributed by atoms with Gasteiger partial charge in [0, 0.05) is 6.54 Å². The van der Waals surface area contributed by atoms with E-state index in [1.807, 2.05) is 25.1 Å². The fourth-order valence-corrected chi connectivity index (χ4v) is 4.30. The Labute approximate surface area is 123 Å². The maximum absolute atomic E-state index is 11.7. The molecule has 3 unspecified atom stereocenters. The maximum Gasteiger partial charge on any atom is 0.419 e. The summed E-state index contributed by atoms with van der Waals surface area (Å²) in [7, 11) is 0. The Balaban J connectivity index is 1.66. The van der Waals surface area contributed by atoms with Crippen molar-refractivity contribution in [2.45, 2.75) is 45.3 Å². The first-order chi connectivity index (χ1) is 10.2. The second-order valence-corrected chi connectivity index (χ2v) is 6.47. The molecule has 0 saturated heterocycles. The highest BCUT2D eigenvalue weighted by Crippen LogP contribution is 2.60. The van der Waals surface area contributed by atoms with Crippen LogP contribution in [0.2, 0.25) is 0 Å². The Morgan fingerprint density at radius 3 is 2.71 bits per heavy atom. The third-order valence-electron chi connectivity index (χ3n) is 5.44. The number of rotatable bonds is 3. The fourth-order valence-electron chi connectivity index (χ4n) is 4.30. The van der Waals surface area contributed by atoms with E-state index in [4.69, 9.17) is 4.42 Å². The molecule has 21 heavy (non-hydrogen) atoms. The zero-order valence-corrected chi connectivity index (χ0v) is 12.3. The Kier molecular flexibility index (Phi) is 2.96. The van der Waals surface area contributed by atoms with Crippen LogP contribution in [0.25, 0.3) is 11.1 Å². The second kappa shape index (κ2) is 4.73. The molecule has 0 radical (unpaired) electrons. The van der Waals surface area contributed by atoms with Gasteiger partial charge in [0.1, 0.15) is 0 Å². The van der Waals surface area contributed by atoms with Gasteiger partial charge in [0.25, 0.3) is 0 Å². The normalized spacial score (nSPS) is 29.3. The van der Waals surface area contributed by atoms with Crippen molar-refractivity contribution < 1.29 is 9.52 Å². The summed E-state index contributed by atoms with van der Waals surface area (Å²) in [6, 6.07) is 5.69. The molecular weight excluding hydrogens is 266 g/mol. The molecule has 2 saturated carbocycles. The molecule has 1 aromatic carbocycles. The van der Waals surface area contributed by atoms with E-state index in [1.165, 1.54) is 25.7 Å². The Hall–Kier alpha value is -1.55. The van der Waals surface area contributed by atoms with Crippen LogP contribution in [0.15, 0.2) is 27.4 Å². The summed E-state index contributed by atoms with van der Waals surface area (Å²) in [6.07, 6.45) is 4.71. The fraction of sp³-hybridized carbons (Fsp3) is 0.588. The highest BCUT2D eigenvalue weighted by Gasteiger charge is 2.54. The van der Waals surface area contributed by atoms with Crippen LogP contribution in [0.5, 0.6) is 0 Å². The molecule has 2 aromatic rings. The summed E-state index contributed by atoms with van der Waals surface area (Å²) in [5, 5.41) is 10.7. The molecule has 1 aromatic heterocycles. The predicted octanol–water partition coefficient (Wildman–Crippen LogP) is 3.08. The van der Waals surface area contributed by atoms with Crippen LogP contribution in [0.1, 0.15) is 44.3 Å². The van der Waals surface area contributed by atoms with E-state index in [0.29, 0.717) is 29.9 Å². The summed E-state index contributed by atoms with van der Waals surface area (Å²) < 4.78 is 6.91. The minimum absolute atomic E-state index is 0.320. The van der Waals surface area contributed by atoms with Gasteiger partial charge in [0.05, 0.1) is 11.6 Å². The van der Waals surface area contributed by atoms with Gasteiger partial charge < -0.3 is 9.52 Å². The molecule has 0 amide bonds. The van der Waals surface area contributed by atoms with Crippen molar-refractivity contribution in [2.24, 2.45) is 17.8 Å². The molecule has 4 nitrogen and oxygen atoms in total. The van der Waals surface area contributed by atoms with Crippen molar-refractivity contribution in [2.75, 3.05) is 0 Å². The van der Waals surface area contributed by atoms with E-state index in [9.17, 15) is 9.90 Å². The first-order valence-electron chi connectivity index (χ1n) is 8.02. The standard InChI is InChI=1S/C17H21NO3/c1-2-18-13-8-7-10(9-14(13)21-17(18)20)16(19)15-11-5-3-4-6-12(11)15/h7-9,11-12,15-16,19H,2-6H2,1H3. The molecule has 3 atom stereocenters. The number of hydrogen-bond acceptors (Lipinski definition) is 3. The number of nitrogens with zero attached hydrogens (tertiary/aromatic N) is 1. The topological polar surface area (TPSA) is 55.4 Å². The maximum atomic E-state index is 11.7. The lowest BCUT2D eigenvalue weighted by Crippen LogP contribution is -2.11. The van der Waals surface area contributed by atoms with Crippen LogP contribution in [0, 0.1) is 17.8 Å². The molecular formula is C17H21NO3. The quantitative estimate of drug-likeness (QED) is 0.943. The van der Waals surface area contributed by atoms with Gasteiger partial charge in [-0.05, 0) is 55.2 Å². The Morgan fingerprint density at radius 2 is 2.05 bits per heavy atom. The molecule has 1 N–H and O–H groups in total. The van der Waals surface area contributed by atoms with Gasteiger partial charge in [-0.15, -0.1) is 0 Å². The van der Waals surface area contributed by atoms with Gasteiger partial charge in [-0.3, -0.25) is 4.57 Å². The number of aliphatic hydroxyl groups excluding tert-OH is 1. The first-order valence-corrected chi connectivity index (χ1v) is 8.02. The molecule has 2 fully saturated rings. The average molecular weight is 287 g/mol. The third kappa shape index (κ3) is 1.96. The van der Waals surface area contributed by atoms with Gasteiger partial charge in [0.15, 0.2) is 5.58 Å². The second-order valence-electron chi connectivity index (χ2n) is 6.47. The zero-order valence-electron chi connectivity index (χ0n) is 12.3. The van der Waals surface area contributed by atoms with Crippen LogP contribution in [-0.4, -0.2) is 9.67 Å². The molecule has 1 heterocycles. The van der Waals surface area contributed by atoms with E-state index < -0.39 is 6.10 Å². The lowest BCUT2D eigenvalue weighted by Gasteiger charge is -2.10. The van der Waals surface area contributed by atoms with Gasteiger partial charge in [0.2, 0.25) is 0 Å². The highest BCUT2D eigenvalue weighted by molar-refractivity contribution is 5.73. The van der Waals surface area contributed by atoms with Crippen molar-refractivity contribution in [3.63, 3.8) is 0 Å². The molecule has 2 aliphatic carbocycles. The first kappa shape index (κ1) is 13.1. The molecule has 4 heteroatoms. The van der Waals surface area contributed by atoms with E-state index in [-0.39, 0.29) is 5.76 Å². The minimum Gasteiger partial charge on any atom is -0.408 e. The molecule has 2 aliphatic rings. The van der Waals surface area contributed by atoms with E-state index in [1.54, 1.807) is 4.57 Å². The largest absolute Gasteiger partial charge is 0.419 e. The number of benzene rings is 1. The van der Waals surface area contributed by atoms with Crippen LogP contribution >= 0.6 is 0 Å². The average Bonchev–Trinajstić information content (AvgIpc) is 3.14. The predicted molar refractivity (Wildman–Crippen MR) is 80.0 cm³/mol. The molecule has 0 aliphatic heterocycles. The Morgan fingerprint density at radius 1 is 1.33 bits per heavy atom. The van der Waals surface area contributed by atoms with Crippen molar-refractivity contribution >= 4 is 11.1 Å². The van der Waals surface area contributed by atoms with Gasteiger partial charge in [-0.2, -0.15) is 0 Å².